The van der Waals surface area contributed by atoms with Crippen LogP contribution in [-0.2, 0) is 11.3 Å². The van der Waals surface area contributed by atoms with Crippen LogP contribution in [0.4, 0.5) is 5.69 Å². The second-order valence-electron chi connectivity index (χ2n) is 5.80. The minimum atomic E-state index is -0.323. The highest BCUT2D eigenvalue weighted by Crippen LogP contribution is 2.28. The first-order valence-electron chi connectivity index (χ1n) is 8.18. The SMILES string of the molecule is COCc1ccc(C(=O)Nc2ccccc2-c2nc3ccccc3[nH]2)o1. The molecule has 0 aliphatic rings. The molecular weight excluding hydrogens is 330 g/mol. The fourth-order valence-corrected chi connectivity index (χ4v) is 2.78. The third kappa shape index (κ3) is 3.10. The highest BCUT2D eigenvalue weighted by molar-refractivity contribution is 6.04. The highest BCUT2D eigenvalue weighted by atomic mass is 16.5. The number of amides is 1. The summed E-state index contributed by atoms with van der Waals surface area (Å²) < 4.78 is 10.5. The van der Waals surface area contributed by atoms with Gasteiger partial charge in [-0.05, 0) is 36.4 Å². The van der Waals surface area contributed by atoms with Gasteiger partial charge >= 0.3 is 0 Å². The summed E-state index contributed by atoms with van der Waals surface area (Å²) in [7, 11) is 1.58. The molecule has 4 rings (SSSR count). The first-order valence-corrected chi connectivity index (χ1v) is 8.18. The summed E-state index contributed by atoms with van der Waals surface area (Å²) in [6.07, 6.45) is 0. The zero-order valence-corrected chi connectivity index (χ0v) is 14.2. The first kappa shape index (κ1) is 16.1. The number of fused-ring (bicyclic) bond motifs is 1. The number of hydrogen-bond donors (Lipinski definition) is 2. The largest absolute Gasteiger partial charge is 0.453 e. The van der Waals surface area contributed by atoms with Crippen LogP contribution in [0, 0.1) is 0 Å². The number of hydrogen-bond acceptors (Lipinski definition) is 4. The van der Waals surface area contributed by atoms with Crippen LogP contribution in [0.3, 0.4) is 0 Å². The zero-order chi connectivity index (χ0) is 17.9. The molecule has 0 saturated heterocycles. The Bertz CT molecular complexity index is 1030. The molecule has 0 aliphatic carbocycles. The molecule has 0 fully saturated rings. The van der Waals surface area contributed by atoms with E-state index in [-0.39, 0.29) is 11.7 Å². The maximum atomic E-state index is 12.5. The van der Waals surface area contributed by atoms with Crippen molar-refractivity contribution in [3.05, 3.63) is 72.2 Å². The number of para-hydroxylation sites is 3. The van der Waals surface area contributed by atoms with Gasteiger partial charge in [0.2, 0.25) is 0 Å². The number of H-pyrrole nitrogens is 1. The van der Waals surface area contributed by atoms with E-state index in [9.17, 15) is 4.79 Å². The lowest BCUT2D eigenvalue weighted by Gasteiger charge is -2.08. The van der Waals surface area contributed by atoms with E-state index in [4.69, 9.17) is 9.15 Å². The van der Waals surface area contributed by atoms with Crippen molar-refractivity contribution >= 4 is 22.6 Å². The minimum absolute atomic E-state index is 0.233. The molecule has 0 atom stereocenters. The Morgan fingerprint density at radius 1 is 1.12 bits per heavy atom. The van der Waals surface area contributed by atoms with E-state index < -0.39 is 0 Å². The number of benzene rings is 2. The monoisotopic (exact) mass is 347 g/mol. The van der Waals surface area contributed by atoms with Crippen molar-refractivity contribution in [3.8, 4) is 11.4 Å². The van der Waals surface area contributed by atoms with E-state index >= 15 is 0 Å². The van der Waals surface area contributed by atoms with Gasteiger partial charge in [-0.2, -0.15) is 0 Å². The van der Waals surface area contributed by atoms with Crippen LogP contribution in [0.1, 0.15) is 16.3 Å². The number of nitrogens with one attached hydrogen (secondary N) is 2. The number of aromatic nitrogens is 2. The molecule has 0 bridgehead atoms. The Balaban J connectivity index is 1.64. The fraction of sp³-hybridized carbons (Fsp3) is 0.100. The number of carbonyl (C=O) groups is 1. The number of furan rings is 1. The Morgan fingerprint density at radius 3 is 2.77 bits per heavy atom. The van der Waals surface area contributed by atoms with Gasteiger partial charge in [-0.1, -0.05) is 24.3 Å². The van der Waals surface area contributed by atoms with Gasteiger partial charge in [0.15, 0.2) is 5.76 Å². The summed E-state index contributed by atoms with van der Waals surface area (Å²) in [4.78, 5) is 20.4. The highest BCUT2D eigenvalue weighted by Gasteiger charge is 2.15. The second-order valence-corrected chi connectivity index (χ2v) is 5.80. The number of imidazole rings is 1. The van der Waals surface area contributed by atoms with Crippen molar-refractivity contribution in [3.63, 3.8) is 0 Å². The number of anilines is 1. The van der Waals surface area contributed by atoms with Crippen molar-refractivity contribution in [2.75, 3.05) is 12.4 Å². The van der Waals surface area contributed by atoms with Crippen LogP contribution in [0.25, 0.3) is 22.4 Å². The lowest BCUT2D eigenvalue weighted by Crippen LogP contribution is -2.11. The molecule has 6 nitrogen and oxygen atoms in total. The average molecular weight is 347 g/mol. The standard InChI is InChI=1S/C20H17N3O3/c1-25-12-13-10-11-18(26-13)20(24)23-15-7-3-2-6-14(15)19-21-16-8-4-5-9-17(16)22-19/h2-11H,12H2,1H3,(H,21,22)(H,23,24). The van der Waals surface area contributed by atoms with Gasteiger partial charge in [-0.3, -0.25) is 4.79 Å². The van der Waals surface area contributed by atoms with E-state index in [1.807, 2.05) is 48.5 Å². The van der Waals surface area contributed by atoms with E-state index in [0.717, 1.165) is 16.6 Å². The van der Waals surface area contributed by atoms with Crippen molar-refractivity contribution in [1.82, 2.24) is 9.97 Å². The number of carbonyl (C=O) groups excluding carboxylic acids is 1. The molecule has 0 unspecified atom stereocenters. The van der Waals surface area contributed by atoms with Crippen molar-refractivity contribution in [2.45, 2.75) is 6.61 Å². The number of nitrogens with zero attached hydrogens (tertiary/aromatic N) is 1. The van der Waals surface area contributed by atoms with Crippen LogP contribution in [0.2, 0.25) is 0 Å². The van der Waals surface area contributed by atoms with E-state index in [0.29, 0.717) is 23.9 Å². The summed E-state index contributed by atoms with van der Waals surface area (Å²) >= 11 is 0. The summed E-state index contributed by atoms with van der Waals surface area (Å²) in [5.74, 6) is 1.21. The fourth-order valence-electron chi connectivity index (χ4n) is 2.78. The van der Waals surface area contributed by atoms with Crippen LogP contribution < -0.4 is 5.32 Å². The summed E-state index contributed by atoms with van der Waals surface area (Å²) in [6.45, 7) is 0.322. The Morgan fingerprint density at radius 2 is 1.92 bits per heavy atom. The molecule has 0 radical (unpaired) electrons. The third-order valence-electron chi connectivity index (χ3n) is 3.99. The molecule has 2 N–H and O–H groups in total. The molecule has 2 heterocycles. The quantitative estimate of drug-likeness (QED) is 0.566. The predicted octanol–water partition coefficient (Wildman–Crippen LogP) is 4.22. The molecule has 0 aliphatic heterocycles. The Hall–Kier alpha value is -3.38. The molecule has 130 valence electrons. The number of methoxy groups -OCH3 is 1. The van der Waals surface area contributed by atoms with Gasteiger partial charge in [0.05, 0.1) is 16.7 Å². The van der Waals surface area contributed by atoms with Gasteiger partial charge in [-0.25, -0.2) is 4.98 Å². The van der Waals surface area contributed by atoms with Crippen LogP contribution in [0.15, 0.2) is 65.1 Å². The van der Waals surface area contributed by atoms with Crippen LogP contribution >= 0.6 is 0 Å². The van der Waals surface area contributed by atoms with Crippen molar-refractivity contribution in [1.29, 1.82) is 0 Å². The van der Waals surface area contributed by atoms with Crippen molar-refractivity contribution < 1.29 is 13.9 Å². The van der Waals surface area contributed by atoms with Gasteiger partial charge in [0, 0.05) is 12.7 Å². The summed E-state index contributed by atoms with van der Waals surface area (Å²) in [5, 5.41) is 2.89. The molecule has 0 saturated carbocycles. The maximum Gasteiger partial charge on any atom is 0.291 e. The third-order valence-corrected chi connectivity index (χ3v) is 3.99. The summed E-state index contributed by atoms with van der Waals surface area (Å²) in [6, 6.07) is 18.7. The predicted molar refractivity (Wildman–Crippen MR) is 98.9 cm³/mol. The van der Waals surface area contributed by atoms with Gasteiger partial charge in [0.1, 0.15) is 18.2 Å². The van der Waals surface area contributed by atoms with E-state index in [2.05, 4.69) is 15.3 Å². The van der Waals surface area contributed by atoms with Crippen LogP contribution in [-0.4, -0.2) is 23.0 Å². The smallest absolute Gasteiger partial charge is 0.291 e. The molecule has 26 heavy (non-hydrogen) atoms. The number of rotatable bonds is 5. The lowest BCUT2D eigenvalue weighted by atomic mass is 10.1. The van der Waals surface area contributed by atoms with E-state index in [1.165, 1.54) is 0 Å². The Kier molecular flexibility index (Phi) is 4.25. The molecule has 2 aromatic carbocycles. The molecule has 6 heteroatoms. The lowest BCUT2D eigenvalue weighted by molar-refractivity contribution is 0.0987. The maximum absolute atomic E-state index is 12.5. The zero-order valence-electron chi connectivity index (χ0n) is 14.2. The normalized spacial score (nSPS) is 11.0. The summed E-state index contributed by atoms with van der Waals surface area (Å²) in [5.41, 5.74) is 3.28. The molecule has 4 aromatic rings. The molecule has 2 aromatic heterocycles. The topological polar surface area (TPSA) is 80.1 Å². The van der Waals surface area contributed by atoms with Gasteiger partial charge in [0.25, 0.3) is 5.91 Å². The van der Waals surface area contributed by atoms with E-state index in [1.54, 1.807) is 19.2 Å². The van der Waals surface area contributed by atoms with Gasteiger partial charge in [-0.15, -0.1) is 0 Å². The first-order chi connectivity index (χ1) is 12.7. The minimum Gasteiger partial charge on any atom is -0.453 e. The molecule has 0 spiro atoms. The number of aromatic amines is 1. The Labute approximate surface area is 149 Å². The second kappa shape index (κ2) is 6.85. The van der Waals surface area contributed by atoms with Crippen LogP contribution in [0.5, 0.6) is 0 Å². The number of ether oxygens (including phenoxy) is 1. The van der Waals surface area contributed by atoms with Crippen molar-refractivity contribution in [2.24, 2.45) is 0 Å². The average Bonchev–Trinajstić information content (AvgIpc) is 3.29. The molecule has 1 amide bonds. The molecular formula is C20H17N3O3. The van der Waals surface area contributed by atoms with Gasteiger partial charge < -0.3 is 19.5 Å².